The molecule has 1 heterocycles. The summed E-state index contributed by atoms with van der Waals surface area (Å²) in [7, 11) is 0. The third-order valence-corrected chi connectivity index (χ3v) is 4.59. The minimum atomic E-state index is -0.321. The predicted octanol–water partition coefficient (Wildman–Crippen LogP) is 4.49. The first-order valence-electron chi connectivity index (χ1n) is 9.23. The second kappa shape index (κ2) is 10.7. The Balaban J connectivity index is 1.65. The third-order valence-electron chi connectivity index (χ3n) is 4.59. The predicted molar refractivity (Wildman–Crippen MR) is 97.8 cm³/mol. The molecule has 134 valence electrons. The van der Waals surface area contributed by atoms with Gasteiger partial charge in [-0.05, 0) is 50.0 Å². The highest BCUT2D eigenvalue weighted by atomic mass is 16.5. The van der Waals surface area contributed by atoms with Crippen LogP contribution in [0, 0.1) is 5.92 Å². The Kier molecular flexibility index (Phi) is 8.51. The van der Waals surface area contributed by atoms with Gasteiger partial charge in [-0.3, -0.25) is 0 Å². The van der Waals surface area contributed by atoms with E-state index in [2.05, 4.69) is 25.6 Å². The standard InChI is InChI=1S/C21H32O3/c1-3-8-19(22)14-21-12-7-11-20(24-21)13-17(2)15-23-16-18-9-5-4-6-10-18/h3-6,9-10,17,19-22H,1,7-8,11-16H2,2H3/t17-,19-,20-,21+/m0/s1. The number of rotatable bonds is 10. The number of ether oxygens (including phenoxy) is 2. The number of hydrogen-bond donors (Lipinski definition) is 1. The van der Waals surface area contributed by atoms with Crippen LogP contribution >= 0.6 is 0 Å². The monoisotopic (exact) mass is 332 g/mol. The minimum absolute atomic E-state index is 0.191. The van der Waals surface area contributed by atoms with Crippen LogP contribution in [0.4, 0.5) is 0 Å². The summed E-state index contributed by atoms with van der Waals surface area (Å²) in [5, 5.41) is 9.92. The van der Waals surface area contributed by atoms with Crippen molar-refractivity contribution < 1.29 is 14.6 Å². The van der Waals surface area contributed by atoms with Crippen molar-refractivity contribution in [3.63, 3.8) is 0 Å². The maximum atomic E-state index is 9.92. The van der Waals surface area contributed by atoms with Crippen molar-refractivity contribution in [2.24, 2.45) is 5.92 Å². The lowest BCUT2D eigenvalue weighted by molar-refractivity contribution is -0.0794. The minimum Gasteiger partial charge on any atom is -0.393 e. The van der Waals surface area contributed by atoms with Crippen LogP contribution in [0.3, 0.4) is 0 Å². The Morgan fingerprint density at radius 2 is 1.96 bits per heavy atom. The van der Waals surface area contributed by atoms with E-state index in [1.165, 1.54) is 12.0 Å². The number of aliphatic hydroxyl groups excluding tert-OH is 1. The number of aliphatic hydroxyl groups is 1. The molecule has 1 aliphatic heterocycles. The summed E-state index contributed by atoms with van der Waals surface area (Å²) < 4.78 is 12.0. The van der Waals surface area contributed by atoms with Gasteiger partial charge in [0.05, 0.1) is 24.9 Å². The van der Waals surface area contributed by atoms with Crippen LogP contribution in [0.2, 0.25) is 0 Å². The molecule has 0 aromatic heterocycles. The van der Waals surface area contributed by atoms with Crippen molar-refractivity contribution in [3.05, 3.63) is 48.6 Å². The lowest BCUT2D eigenvalue weighted by Crippen LogP contribution is -2.32. The highest BCUT2D eigenvalue weighted by Crippen LogP contribution is 2.27. The van der Waals surface area contributed by atoms with Crippen molar-refractivity contribution in [2.45, 2.75) is 70.4 Å². The third kappa shape index (κ3) is 7.16. The zero-order chi connectivity index (χ0) is 17.2. The van der Waals surface area contributed by atoms with Crippen molar-refractivity contribution >= 4 is 0 Å². The molecule has 0 bridgehead atoms. The van der Waals surface area contributed by atoms with E-state index in [4.69, 9.17) is 9.47 Å². The molecule has 1 aromatic carbocycles. The summed E-state index contributed by atoms with van der Waals surface area (Å²) >= 11 is 0. The molecule has 0 amide bonds. The molecule has 1 saturated heterocycles. The quantitative estimate of drug-likeness (QED) is 0.641. The van der Waals surface area contributed by atoms with Gasteiger partial charge >= 0.3 is 0 Å². The van der Waals surface area contributed by atoms with Gasteiger partial charge < -0.3 is 14.6 Å². The molecule has 1 fully saturated rings. The average Bonchev–Trinajstić information content (AvgIpc) is 2.56. The highest BCUT2D eigenvalue weighted by Gasteiger charge is 2.25. The van der Waals surface area contributed by atoms with Gasteiger partial charge in [0.25, 0.3) is 0 Å². The molecule has 3 nitrogen and oxygen atoms in total. The number of hydrogen-bond acceptors (Lipinski definition) is 3. The van der Waals surface area contributed by atoms with Crippen molar-refractivity contribution in [1.29, 1.82) is 0 Å². The lowest BCUT2D eigenvalue weighted by Gasteiger charge is -2.32. The zero-order valence-electron chi connectivity index (χ0n) is 14.9. The molecule has 1 aliphatic rings. The van der Waals surface area contributed by atoms with E-state index in [0.717, 1.165) is 32.3 Å². The van der Waals surface area contributed by atoms with E-state index in [-0.39, 0.29) is 12.2 Å². The van der Waals surface area contributed by atoms with E-state index in [1.807, 2.05) is 18.2 Å². The maximum Gasteiger partial charge on any atom is 0.0717 e. The van der Waals surface area contributed by atoms with Gasteiger partial charge in [-0.25, -0.2) is 0 Å². The Morgan fingerprint density at radius 3 is 2.67 bits per heavy atom. The van der Waals surface area contributed by atoms with Crippen LogP contribution in [0.25, 0.3) is 0 Å². The Labute approximate surface area is 146 Å². The van der Waals surface area contributed by atoms with Crippen LogP contribution in [0.15, 0.2) is 43.0 Å². The molecule has 0 aliphatic carbocycles. The van der Waals surface area contributed by atoms with E-state index in [0.29, 0.717) is 25.0 Å². The largest absolute Gasteiger partial charge is 0.393 e. The molecule has 0 unspecified atom stereocenters. The van der Waals surface area contributed by atoms with Gasteiger partial charge in [0, 0.05) is 6.61 Å². The molecule has 0 radical (unpaired) electrons. The van der Waals surface area contributed by atoms with Gasteiger partial charge in [0.2, 0.25) is 0 Å². The first-order chi connectivity index (χ1) is 11.7. The zero-order valence-corrected chi connectivity index (χ0v) is 14.9. The van der Waals surface area contributed by atoms with E-state index in [9.17, 15) is 5.11 Å². The summed E-state index contributed by atoms with van der Waals surface area (Å²) in [6, 6.07) is 10.3. The second-order valence-electron chi connectivity index (χ2n) is 7.07. The molecular formula is C21H32O3. The highest BCUT2D eigenvalue weighted by molar-refractivity contribution is 5.13. The Hall–Kier alpha value is -1.16. The summed E-state index contributed by atoms with van der Waals surface area (Å²) in [6.07, 6.45) is 7.72. The van der Waals surface area contributed by atoms with Crippen LogP contribution < -0.4 is 0 Å². The van der Waals surface area contributed by atoms with Crippen molar-refractivity contribution in [3.8, 4) is 0 Å². The fraction of sp³-hybridized carbons (Fsp3) is 0.619. The molecule has 4 atom stereocenters. The fourth-order valence-electron chi connectivity index (χ4n) is 3.39. The summed E-state index contributed by atoms with van der Waals surface area (Å²) in [4.78, 5) is 0. The van der Waals surface area contributed by atoms with Gasteiger partial charge in [-0.2, -0.15) is 0 Å². The summed E-state index contributed by atoms with van der Waals surface area (Å²) in [6.45, 7) is 7.35. The number of benzene rings is 1. The molecule has 1 N–H and O–H groups in total. The SMILES string of the molecule is C=CC[C@H](O)C[C@H]1CCC[C@@H](C[C@H](C)COCc2ccccc2)O1. The van der Waals surface area contributed by atoms with Crippen LogP contribution in [0.5, 0.6) is 0 Å². The molecule has 0 spiro atoms. The lowest BCUT2D eigenvalue weighted by atomic mass is 9.94. The van der Waals surface area contributed by atoms with Crippen LogP contribution in [-0.2, 0) is 16.1 Å². The topological polar surface area (TPSA) is 38.7 Å². The van der Waals surface area contributed by atoms with Gasteiger partial charge in [-0.15, -0.1) is 6.58 Å². The Bertz CT molecular complexity index is 459. The molecular weight excluding hydrogens is 300 g/mol. The van der Waals surface area contributed by atoms with Crippen molar-refractivity contribution in [1.82, 2.24) is 0 Å². The first kappa shape index (κ1) is 19.2. The van der Waals surface area contributed by atoms with E-state index in [1.54, 1.807) is 6.08 Å². The summed E-state index contributed by atoms with van der Waals surface area (Å²) in [5.41, 5.74) is 1.22. The van der Waals surface area contributed by atoms with Crippen LogP contribution in [-0.4, -0.2) is 30.0 Å². The normalized spacial score (nSPS) is 23.6. The average molecular weight is 332 g/mol. The van der Waals surface area contributed by atoms with Crippen molar-refractivity contribution in [2.75, 3.05) is 6.61 Å². The van der Waals surface area contributed by atoms with Gasteiger partial charge in [-0.1, -0.05) is 43.3 Å². The van der Waals surface area contributed by atoms with Gasteiger partial charge in [0.1, 0.15) is 0 Å². The smallest absolute Gasteiger partial charge is 0.0717 e. The first-order valence-corrected chi connectivity index (χ1v) is 9.23. The van der Waals surface area contributed by atoms with Gasteiger partial charge in [0.15, 0.2) is 0 Å². The van der Waals surface area contributed by atoms with E-state index < -0.39 is 0 Å². The second-order valence-corrected chi connectivity index (χ2v) is 7.07. The molecule has 3 heteroatoms. The Morgan fingerprint density at radius 1 is 1.25 bits per heavy atom. The fourth-order valence-corrected chi connectivity index (χ4v) is 3.39. The maximum absolute atomic E-state index is 9.92. The summed E-state index contributed by atoms with van der Waals surface area (Å²) in [5.74, 6) is 0.482. The molecule has 2 rings (SSSR count). The van der Waals surface area contributed by atoms with Crippen LogP contribution in [0.1, 0.15) is 51.0 Å². The molecule has 0 saturated carbocycles. The molecule has 24 heavy (non-hydrogen) atoms. The molecule has 1 aromatic rings. The van der Waals surface area contributed by atoms with E-state index >= 15 is 0 Å².